The van der Waals surface area contributed by atoms with Crippen LogP contribution in [0.3, 0.4) is 0 Å². The first-order chi connectivity index (χ1) is 20.1. The minimum atomic E-state index is -3.71. The number of hydrogen-bond donors (Lipinski definition) is 2. The van der Waals surface area contributed by atoms with Crippen LogP contribution in [0.5, 0.6) is 0 Å². The Morgan fingerprint density at radius 3 is 2.17 bits per heavy atom. The molecule has 2 aliphatic heterocycles. The lowest BCUT2D eigenvalue weighted by Gasteiger charge is -2.47. The number of amides is 1. The summed E-state index contributed by atoms with van der Waals surface area (Å²) in [5.41, 5.74) is 2.43. The molecule has 2 aromatic carbocycles. The number of benzene rings is 2. The zero-order chi connectivity index (χ0) is 29.9. The molecule has 11 heteroatoms. The molecule has 5 rings (SSSR count). The summed E-state index contributed by atoms with van der Waals surface area (Å²) in [4.78, 5) is 24.5. The Labute approximate surface area is 258 Å². The molecular weight excluding hydrogens is 597 g/mol. The van der Waals surface area contributed by atoms with E-state index in [0.29, 0.717) is 48.3 Å². The molecule has 2 heterocycles. The highest BCUT2D eigenvalue weighted by atomic mass is 35.5. The van der Waals surface area contributed by atoms with Crippen molar-refractivity contribution >= 4 is 45.1 Å². The smallest absolute Gasteiger partial charge is 0.322 e. The molecule has 1 saturated carbocycles. The van der Waals surface area contributed by atoms with E-state index in [4.69, 9.17) is 27.9 Å². The van der Waals surface area contributed by atoms with Gasteiger partial charge in [-0.05, 0) is 86.3 Å². The van der Waals surface area contributed by atoms with E-state index in [1.807, 2.05) is 24.3 Å². The molecule has 1 aliphatic carbocycles. The monoisotopic (exact) mass is 635 g/mol. The van der Waals surface area contributed by atoms with E-state index in [1.165, 1.54) is 15.4 Å². The fourth-order valence-electron chi connectivity index (χ4n) is 7.09. The van der Waals surface area contributed by atoms with Crippen molar-refractivity contribution in [1.82, 2.24) is 14.9 Å². The molecule has 1 amide bonds. The van der Waals surface area contributed by atoms with Crippen molar-refractivity contribution in [3.63, 3.8) is 0 Å². The van der Waals surface area contributed by atoms with Crippen LogP contribution in [0.4, 0.5) is 0 Å². The highest BCUT2D eigenvalue weighted by Gasteiger charge is 2.44. The van der Waals surface area contributed by atoms with Gasteiger partial charge < -0.3 is 15.4 Å². The van der Waals surface area contributed by atoms with Crippen LogP contribution < -0.4 is 10.6 Å². The maximum absolute atomic E-state index is 12.7. The average molecular weight is 637 g/mol. The van der Waals surface area contributed by atoms with E-state index < -0.39 is 21.7 Å². The third-order valence-corrected chi connectivity index (χ3v) is 11.3. The number of ether oxygens (including phenoxy) is 1. The van der Waals surface area contributed by atoms with E-state index in [-0.39, 0.29) is 42.5 Å². The molecule has 3 aliphatic rings. The molecule has 8 nitrogen and oxygen atoms in total. The summed E-state index contributed by atoms with van der Waals surface area (Å²) in [7, 11) is -3.71. The lowest BCUT2D eigenvalue weighted by Crippen LogP contribution is -2.60. The van der Waals surface area contributed by atoms with Gasteiger partial charge in [0.25, 0.3) is 0 Å². The summed E-state index contributed by atoms with van der Waals surface area (Å²) >= 11 is 12.5. The van der Waals surface area contributed by atoms with Gasteiger partial charge >= 0.3 is 5.97 Å². The van der Waals surface area contributed by atoms with Crippen molar-refractivity contribution in [2.45, 2.75) is 69.5 Å². The Morgan fingerprint density at radius 2 is 1.60 bits per heavy atom. The number of hydrogen-bond acceptors (Lipinski definition) is 6. The normalized spacial score (nSPS) is 25.6. The van der Waals surface area contributed by atoms with Crippen LogP contribution >= 0.6 is 23.2 Å². The molecule has 2 N–H and O–H groups in total. The summed E-state index contributed by atoms with van der Waals surface area (Å²) in [5.74, 6) is -0.494. The zero-order valence-corrected chi connectivity index (χ0v) is 26.1. The van der Waals surface area contributed by atoms with Gasteiger partial charge in [-0.2, -0.15) is 0 Å². The Morgan fingerprint density at radius 1 is 1.00 bits per heavy atom. The van der Waals surface area contributed by atoms with Crippen LogP contribution in [0.25, 0.3) is 0 Å². The number of sulfonamides is 1. The fourth-order valence-corrected chi connectivity index (χ4v) is 8.67. The van der Waals surface area contributed by atoms with Crippen LogP contribution in [0.2, 0.25) is 10.0 Å². The van der Waals surface area contributed by atoms with Gasteiger partial charge in [-0.1, -0.05) is 47.5 Å². The third-order valence-electron chi connectivity index (χ3n) is 9.04. The van der Waals surface area contributed by atoms with Crippen molar-refractivity contribution < 1.29 is 22.7 Å². The molecule has 2 saturated heterocycles. The fraction of sp³-hybridized carbons (Fsp3) is 0.548. The molecule has 228 valence electrons. The second kappa shape index (κ2) is 13.6. The number of rotatable bonds is 9. The lowest BCUT2D eigenvalue weighted by molar-refractivity contribution is -0.140. The third kappa shape index (κ3) is 7.48. The molecule has 4 unspecified atom stereocenters. The highest BCUT2D eigenvalue weighted by Crippen LogP contribution is 2.45. The lowest BCUT2D eigenvalue weighted by atomic mass is 9.65. The summed E-state index contributed by atoms with van der Waals surface area (Å²) in [6.07, 6.45) is 4.49. The predicted octanol–water partition coefficient (Wildman–Crippen LogP) is 4.75. The Hall–Kier alpha value is -2.17. The summed E-state index contributed by atoms with van der Waals surface area (Å²) < 4.78 is 31.6. The minimum Gasteiger partial charge on any atom is -0.465 e. The van der Waals surface area contributed by atoms with E-state index in [1.54, 1.807) is 6.92 Å². The summed E-state index contributed by atoms with van der Waals surface area (Å²) in [5, 5.41) is 8.43. The van der Waals surface area contributed by atoms with Crippen LogP contribution in [0.1, 0.15) is 62.5 Å². The predicted molar refractivity (Wildman–Crippen MR) is 164 cm³/mol. The number of nitrogens with one attached hydrogen (secondary N) is 2. The number of nitrogens with zero attached hydrogens (tertiary/aromatic N) is 1. The maximum atomic E-state index is 12.7. The number of halogens is 2. The van der Waals surface area contributed by atoms with Gasteiger partial charge in [0.2, 0.25) is 15.9 Å². The Kier molecular flexibility index (Phi) is 10.2. The van der Waals surface area contributed by atoms with Crippen LogP contribution in [-0.4, -0.2) is 68.2 Å². The number of esters is 1. The number of fused-ring (bicyclic) bond motifs is 1. The van der Waals surface area contributed by atoms with E-state index in [2.05, 4.69) is 34.9 Å². The van der Waals surface area contributed by atoms with Crippen LogP contribution in [0, 0.1) is 11.8 Å². The van der Waals surface area contributed by atoms with Crippen molar-refractivity contribution in [2.75, 3.05) is 25.4 Å². The highest BCUT2D eigenvalue weighted by molar-refractivity contribution is 7.89. The second-order valence-electron chi connectivity index (χ2n) is 11.7. The Balaban J connectivity index is 1.28. The molecular formula is C31H39Cl2N3O5S. The quantitative estimate of drug-likeness (QED) is 0.386. The van der Waals surface area contributed by atoms with Gasteiger partial charge in [-0.15, -0.1) is 0 Å². The van der Waals surface area contributed by atoms with Gasteiger partial charge in [0.15, 0.2) is 5.75 Å². The molecule has 0 radical (unpaired) electrons. The Bertz CT molecular complexity index is 1300. The standard InChI is InChI=1S/C31H39Cl2N3O5S/c1-2-41-30(38)19-42(39,40)36-15-13-25(14-16-36)34-28-18-29(37)35-27-12-7-22(17-26(27)28)31(20-3-8-23(32)9-4-20)21-5-10-24(33)11-6-21/h3-6,8-11,22,25-28,31,34H,2,7,12-19H2,1H3,(H,35,37). The topological polar surface area (TPSA) is 105 Å². The van der Waals surface area contributed by atoms with E-state index >= 15 is 0 Å². The van der Waals surface area contributed by atoms with Crippen LogP contribution in [-0.2, 0) is 24.3 Å². The average Bonchev–Trinajstić information content (AvgIpc) is 2.95. The first-order valence-electron chi connectivity index (χ1n) is 14.8. The van der Waals surface area contributed by atoms with Gasteiger partial charge in [-0.3, -0.25) is 9.59 Å². The van der Waals surface area contributed by atoms with Crippen molar-refractivity contribution in [2.24, 2.45) is 11.8 Å². The molecule has 0 bridgehead atoms. The largest absolute Gasteiger partial charge is 0.465 e. The van der Waals surface area contributed by atoms with Crippen LogP contribution in [0.15, 0.2) is 48.5 Å². The van der Waals surface area contributed by atoms with Gasteiger partial charge in [0, 0.05) is 53.6 Å². The molecule has 3 fully saturated rings. The van der Waals surface area contributed by atoms with Gasteiger partial charge in [0.05, 0.1) is 6.61 Å². The zero-order valence-electron chi connectivity index (χ0n) is 23.8. The number of carbonyl (C=O) groups excluding carboxylic acids is 2. The van der Waals surface area contributed by atoms with Crippen molar-refractivity contribution in [3.8, 4) is 0 Å². The maximum Gasteiger partial charge on any atom is 0.322 e. The van der Waals surface area contributed by atoms with Gasteiger partial charge in [-0.25, -0.2) is 12.7 Å². The molecule has 0 spiro atoms. The summed E-state index contributed by atoms with van der Waals surface area (Å²) in [6.45, 7) is 2.48. The van der Waals surface area contributed by atoms with Crippen molar-refractivity contribution in [1.29, 1.82) is 0 Å². The number of piperidine rings is 2. The van der Waals surface area contributed by atoms with E-state index in [0.717, 1.165) is 19.3 Å². The number of carbonyl (C=O) groups is 2. The molecule has 42 heavy (non-hydrogen) atoms. The van der Waals surface area contributed by atoms with Gasteiger partial charge in [0.1, 0.15) is 0 Å². The first-order valence-corrected chi connectivity index (χ1v) is 17.2. The molecule has 2 aromatic rings. The second-order valence-corrected chi connectivity index (χ2v) is 14.5. The minimum absolute atomic E-state index is 0.00956. The molecule has 0 aromatic heterocycles. The summed E-state index contributed by atoms with van der Waals surface area (Å²) in [6, 6.07) is 16.4. The van der Waals surface area contributed by atoms with E-state index in [9.17, 15) is 18.0 Å². The molecule has 4 atom stereocenters. The van der Waals surface area contributed by atoms with Crippen molar-refractivity contribution in [3.05, 3.63) is 69.7 Å². The first kappa shape index (κ1) is 31.3. The SMILES string of the molecule is CCOC(=O)CS(=O)(=O)N1CCC(NC2CC(=O)NC3CCC(C(c4ccc(Cl)cc4)c4ccc(Cl)cc4)CC32)CC1.